The van der Waals surface area contributed by atoms with E-state index in [1.54, 1.807) is 24.5 Å². The molecule has 3 rings (SSSR count). The molecular weight excluding hydrogens is 344 g/mol. The van der Waals surface area contributed by atoms with E-state index in [0.717, 1.165) is 23.9 Å². The molecule has 0 unspecified atom stereocenters. The van der Waals surface area contributed by atoms with Gasteiger partial charge in [-0.15, -0.1) is 0 Å². The van der Waals surface area contributed by atoms with Crippen molar-refractivity contribution >= 4 is 40.8 Å². The third-order valence-corrected chi connectivity index (χ3v) is 4.93. The van der Waals surface area contributed by atoms with Crippen LogP contribution in [0.3, 0.4) is 0 Å². The average molecular weight is 363 g/mol. The van der Waals surface area contributed by atoms with E-state index >= 15 is 0 Å². The summed E-state index contributed by atoms with van der Waals surface area (Å²) < 4.78 is 0. The maximum Gasteiger partial charge on any atom is 0.234 e. The zero-order valence-corrected chi connectivity index (χ0v) is 14.8. The molecule has 1 aliphatic heterocycles. The van der Waals surface area contributed by atoms with E-state index in [1.807, 2.05) is 12.1 Å². The number of piperidine rings is 1. The third kappa shape index (κ3) is 4.85. The summed E-state index contributed by atoms with van der Waals surface area (Å²) in [6.07, 6.45) is 5.26. The molecule has 126 valence electrons. The molecule has 1 aliphatic rings. The van der Waals surface area contributed by atoms with E-state index in [9.17, 15) is 4.79 Å². The number of hydrogen-bond donors (Lipinski definition) is 1. The first-order valence-corrected chi connectivity index (χ1v) is 9.32. The number of carbonyl (C=O) groups is 1. The fourth-order valence-electron chi connectivity index (χ4n) is 2.61. The number of rotatable bonds is 5. The minimum absolute atomic E-state index is 0.0830. The molecule has 0 bridgehead atoms. The van der Waals surface area contributed by atoms with Crippen molar-refractivity contribution in [3.8, 4) is 0 Å². The van der Waals surface area contributed by atoms with Crippen molar-refractivity contribution in [2.45, 2.75) is 24.3 Å². The standard InChI is InChI=1S/C17H19ClN4OS/c18-13-5-4-6-14(9-13)21-16(23)11-24-17-10-15(19-12-20-17)22-7-2-1-3-8-22/h4-6,9-10,12H,1-3,7-8,11H2,(H,21,23). The van der Waals surface area contributed by atoms with Gasteiger partial charge in [0, 0.05) is 29.9 Å². The van der Waals surface area contributed by atoms with E-state index in [0.29, 0.717) is 16.5 Å². The lowest BCUT2D eigenvalue weighted by Gasteiger charge is -2.27. The van der Waals surface area contributed by atoms with Crippen LogP contribution in [0.25, 0.3) is 0 Å². The minimum atomic E-state index is -0.0830. The molecule has 24 heavy (non-hydrogen) atoms. The Labute approximate surface area is 150 Å². The molecule has 1 aromatic heterocycles. The Bertz CT molecular complexity index is 706. The van der Waals surface area contributed by atoms with Gasteiger partial charge in [0.15, 0.2) is 0 Å². The van der Waals surface area contributed by atoms with Gasteiger partial charge in [0.25, 0.3) is 0 Å². The zero-order valence-electron chi connectivity index (χ0n) is 13.2. The number of halogens is 1. The highest BCUT2D eigenvalue weighted by Crippen LogP contribution is 2.22. The van der Waals surface area contributed by atoms with Crippen LogP contribution in [0, 0.1) is 0 Å². The van der Waals surface area contributed by atoms with Gasteiger partial charge in [-0.05, 0) is 37.5 Å². The third-order valence-electron chi connectivity index (χ3n) is 3.77. The summed E-state index contributed by atoms with van der Waals surface area (Å²) in [6, 6.07) is 9.08. The second-order valence-electron chi connectivity index (χ2n) is 5.61. The molecule has 7 heteroatoms. The van der Waals surface area contributed by atoms with Crippen LogP contribution < -0.4 is 10.2 Å². The second kappa shape index (κ2) is 8.35. The first-order chi connectivity index (χ1) is 11.7. The molecule has 2 heterocycles. The average Bonchev–Trinajstić information content (AvgIpc) is 2.61. The molecule has 1 fully saturated rings. The predicted molar refractivity (Wildman–Crippen MR) is 98.9 cm³/mol. The van der Waals surface area contributed by atoms with Gasteiger partial charge in [-0.2, -0.15) is 0 Å². The first kappa shape index (κ1) is 17.0. The van der Waals surface area contributed by atoms with Gasteiger partial charge in [0.1, 0.15) is 17.2 Å². The first-order valence-electron chi connectivity index (χ1n) is 7.96. The molecule has 1 amide bonds. The number of thioether (sulfide) groups is 1. The Balaban J connectivity index is 1.55. The summed E-state index contributed by atoms with van der Waals surface area (Å²) in [5.41, 5.74) is 0.699. The summed E-state index contributed by atoms with van der Waals surface area (Å²) in [5, 5.41) is 4.24. The van der Waals surface area contributed by atoms with Crippen molar-refractivity contribution in [1.82, 2.24) is 9.97 Å². The van der Waals surface area contributed by atoms with Gasteiger partial charge in [0.2, 0.25) is 5.91 Å². The minimum Gasteiger partial charge on any atom is -0.356 e. The van der Waals surface area contributed by atoms with Crippen LogP contribution in [0.15, 0.2) is 41.7 Å². The number of benzene rings is 1. The Morgan fingerprint density at radius 3 is 2.83 bits per heavy atom. The van der Waals surface area contributed by atoms with Crippen LogP contribution in [0.1, 0.15) is 19.3 Å². The van der Waals surface area contributed by atoms with Crippen molar-refractivity contribution < 1.29 is 4.79 Å². The lowest BCUT2D eigenvalue weighted by atomic mass is 10.1. The number of amides is 1. The van der Waals surface area contributed by atoms with Crippen LogP contribution in [-0.2, 0) is 4.79 Å². The van der Waals surface area contributed by atoms with Gasteiger partial charge < -0.3 is 10.2 Å². The van der Waals surface area contributed by atoms with Crippen molar-refractivity contribution in [3.63, 3.8) is 0 Å². The van der Waals surface area contributed by atoms with Gasteiger partial charge in [0.05, 0.1) is 5.75 Å². The second-order valence-corrected chi connectivity index (χ2v) is 7.04. The van der Waals surface area contributed by atoms with Crippen LogP contribution in [0.5, 0.6) is 0 Å². The molecule has 0 saturated carbocycles. The smallest absolute Gasteiger partial charge is 0.234 e. The molecule has 0 atom stereocenters. The van der Waals surface area contributed by atoms with Crippen LogP contribution >= 0.6 is 23.4 Å². The number of aromatic nitrogens is 2. The number of nitrogens with zero attached hydrogens (tertiary/aromatic N) is 3. The fraction of sp³-hybridized carbons (Fsp3) is 0.353. The van der Waals surface area contributed by atoms with Gasteiger partial charge in [-0.25, -0.2) is 9.97 Å². The van der Waals surface area contributed by atoms with Crippen molar-refractivity contribution in [3.05, 3.63) is 41.7 Å². The summed E-state index contributed by atoms with van der Waals surface area (Å²) in [5.74, 6) is 1.16. The molecule has 0 radical (unpaired) electrons. The molecule has 0 spiro atoms. The van der Waals surface area contributed by atoms with Crippen molar-refractivity contribution in [1.29, 1.82) is 0 Å². The van der Waals surface area contributed by atoms with E-state index < -0.39 is 0 Å². The molecule has 1 N–H and O–H groups in total. The Hall–Kier alpha value is -1.79. The summed E-state index contributed by atoms with van der Waals surface area (Å²) in [7, 11) is 0. The molecule has 5 nitrogen and oxygen atoms in total. The van der Waals surface area contributed by atoms with Crippen LogP contribution in [0.2, 0.25) is 5.02 Å². The summed E-state index contributed by atoms with van der Waals surface area (Å²) in [6.45, 7) is 2.08. The molecule has 2 aromatic rings. The Morgan fingerprint density at radius 2 is 2.04 bits per heavy atom. The highest BCUT2D eigenvalue weighted by Gasteiger charge is 2.13. The fourth-order valence-corrected chi connectivity index (χ4v) is 3.46. The maximum atomic E-state index is 12.1. The maximum absolute atomic E-state index is 12.1. The van der Waals surface area contributed by atoms with Crippen molar-refractivity contribution in [2.75, 3.05) is 29.1 Å². The normalized spacial score (nSPS) is 14.5. The lowest BCUT2D eigenvalue weighted by molar-refractivity contribution is -0.113. The van der Waals surface area contributed by atoms with Gasteiger partial charge >= 0.3 is 0 Å². The summed E-state index contributed by atoms with van der Waals surface area (Å²) in [4.78, 5) is 22.9. The highest BCUT2D eigenvalue weighted by molar-refractivity contribution is 7.99. The number of carbonyl (C=O) groups excluding carboxylic acids is 1. The molecular formula is C17H19ClN4OS. The number of anilines is 2. The number of hydrogen-bond acceptors (Lipinski definition) is 5. The van der Waals surface area contributed by atoms with Crippen LogP contribution in [-0.4, -0.2) is 34.7 Å². The van der Waals surface area contributed by atoms with Crippen LogP contribution in [0.4, 0.5) is 11.5 Å². The Morgan fingerprint density at radius 1 is 1.21 bits per heavy atom. The molecule has 1 saturated heterocycles. The van der Waals surface area contributed by atoms with E-state index in [2.05, 4.69) is 20.2 Å². The number of nitrogens with one attached hydrogen (secondary N) is 1. The SMILES string of the molecule is O=C(CSc1cc(N2CCCCC2)ncn1)Nc1cccc(Cl)c1. The van der Waals surface area contributed by atoms with Crippen molar-refractivity contribution in [2.24, 2.45) is 0 Å². The van der Waals surface area contributed by atoms with E-state index in [-0.39, 0.29) is 5.91 Å². The quantitative estimate of drug-likeness (QED) is 0.646. The molecule has 0 aliphatic carbocycles. The predicted octanol–water partition coefficient (Wildman–Crippen LogP) is 3.85. The van der Waals surface area contributed by atoms with Gasteiger partial charge in [-0.3, -0.25) is 4.79 Å². The van der Waals surface area contributed by atoms with E-state index in [1.165, 1.54) is 31.0 Å². The lowest BCUT2D eigenvalue weighted by Crippen LogP contribution is -2.30. The zero-order chi connectivity index (χ0) is 16.8. The monoisotopic (exact) mass is 362 g/mol. The Kier molecular flexibility index (Phi) is 5.93. The topological polar surface area (TPSA) is 58.1 Å². The highest BCUT2D eigenvalue weighted by atomic mass is 35.5. The molecule has 1 aromatic carbocycles. The van der Waals surface area contributed by atoms with Gasteiger partial charge in [-0.1, -0.05) is 29.4 Å². The largest absolute Gasteiger partial charge is 0.356 e. The summed E-state index contributed by atoms with van der Waals surface area (Å²) >= 11 is 7.32. The van der Waals surface area contributed by atoms with E-state index in [4.69, 9.17) is 11.6 Å².